The summed E-state index contributed by atoms with van der Waals surface area (Å²) in [6.45, 7) is 8.14. The summed E-state index contributed by atoms with van der Waals surface area (Å²) in [6.07, 6.45) is 0.205. The van der Waals surface area contributed by atoms with Crippen molar-refractivity contribution < 1.29 is 28.3 Å². The van der Waals surface area contributed by atoms with Gasteiger partial charge in [0.05, 0.1) is 44.3 Å². The maximum absolute atomic E-state index is 13.2. The fourth-order valence-corrected chi connectivity index (χ4v) is 4.61. The average molecular weight is 453 g/mol. The molecule has 0 aromatic heterocycles. The van der Waals surface area contributed by atoms with Crippen LogP contribution in [0.4, 0.5) is 10.5 Å². The summed E-state index contributed by atoms with van der Waals surface area (Å²) in [5, 5.41) is 0. The molecule has 33 heavy (non-hydrogen) atoms. The minimum Gasteiger partial charge on any atom is -0.497 e. The van der Waals surface area contributed by atoms with E-state index in [0.29, 0.717) is 6.42 Å². The summed E-state index contributed by atoms with van der Waals surface area (Å²) in [5.41, 5.74) is 1.72. The summed E-state index contributed by atoms with van der Waals surface area (Å²) in [7, 11) is 4.14. The van der Waals surface area contributed by atoms with Gasteiger partial charge < -0.3 is 23.5 Å². The summed E-state index contributed by atoms with van der Waals surface area (Å²) >= 11 is 0. The Morgan fingerprint density at radius 3 is 2.06 bits per heavy atom. The highest BCUT2D eigenvalue weighted by Gasteiger charge is 2.57. The predicted octanol–water partition coefficient (Wildman–Crippen LogP) is 5.04. The van der Waals surface area contributed by atoms with Crippen molar-refractivity contribution in [2.45, 2.75) is 57.2 Å². The first-order chi connectivity index (χ1) is 15.6. The lowest BCUT2D eigenvalue weighted by Crippen LogP contribution is -2.46. The second kappa shape index (κ2) is 8.58. The van der Waals surface area contributed by atoms with Crippen molar-refractivity contribution in [2.24, 2.45) is 0 Å². The average Bonchev–Trinajstić information content (AvgIpc) is 3.03. The zero-order chi connectivity index (χ0) is 24.0. The number of nitrogens with zero attached hydrogens (tertiary/aromatic N) is 1. The molecule has 1 amide bonds. The number of rotatable bonds is 4. The van der Waals surface area contributed by atoms with Crippen LogP contribution in [-0.2, 0) is 20.5 Å². The Bertz CT molecular complexity index is 1010. The molecular formula is C25H32BNO6. The van der Waals surface area contributed by atoms with Crippen LogP contribution in [0.2, 0.25) is 5.82 Å². The summed E-state index contributed by atoms with van der Waals surface area (Å²) in [6, 6.07) is 13.1. The van der Waals surface area contributed by atoms with Gasteiger partial charge in [-0.3, -0.25) is 4.90 Å². The Kier molecular flexibility index (Phi) is 6.10. The van der Waals surface area contributed by atoms with Gasteiger partial charge in [0.1, 0.15) is 11.5 Å². The van der Waals surface area contributed by atoms with Gasteiger partial charge in [0.15, 0.2) is 0 Å². The van der Waals surface area contributed by atoms with Crippen molar-refractivity contribution >= 4 is 18.9 Å². The zero-order valence-corrected chi connectivity index (χ0v) is 20.4. The Morgan fingerprint density at radius 1 is 0.939 bits per heavy atom. The number of hydrogen-bond donors (Lipinski definition) is 0. The fraction of sp³-hybridized carbons (Fsp3) is 0.480. The van der Waals surface area contributed by atoms with Gasteiger partial charge in [-0.1, -0.05) is 12.1 Å². The quantitative estimate of drug-likeness (QED) is 0.605. The standard InChI is InChI=1S/C25H32BNO6/c1-24(2)25(3,4)33-26(32-24)20-15-17-14-19(30-6)12-13-21(17)27(23(28)31-7)22(20)16-8-10-18(29-5)11-9-16/h8-14,20,22H,15H2,1-7H3/t20-,22+/m1/s1. The number of carbonyl (C=O) groups excluding carboxylic acids is 1. The molecule has 0 unspecified atom stereocenters. The molecule has 1 fully saturated rings. The molecule has 1 saturated heterocycles. The lowest BCUT2D eigenvalue weighted by Gasteiger charge is -2.42. The van der Waals surface area contributed by atoms with Crippen LogP contribution < -0.4 is 14.4 Å². The molecule has 2 heterocycles. The third-order valence-corrected chi connectivity index (χ3v) is 7.14. The van der Waals surface area contributed by atoms with E-state index in [1.54, 1.807) is 19.1 Å². The van der Waals surface area contributed by atoms with Crippen molar-refractivity contribution in [1.82, 2.24) is 0 Å². The van der Waals surface area contributed by atoms with Gasteiger partial charge in [-0.15, -0.1) is 0 Å². The van der Waals surface area contributed by atoms with E-state index in [1.807, 2.05) is 70.2 Å². The first-order valence-corrected chi connectivity index (χ1v) is 11.2. The van der Waals surface area contributed by atoms with E-state index < -0.39 is 24.4 Å². The van der Waals surface area contributed by atoms with E-state index in [1.165, 1.54) is 7.11 Å². The van der Waals surface area contributed by atoms with Crippen LogP contribution in [0.3, 0.4) is 0 Å². The first kappa shape index (κ1) is 23.5. The van der Waals surface area contributed by atoms with Crippen LogP contribution in [0.1, 0.15) is 44.9 Å². The SMILES string of the molecule is COC(=O)N1c2ccc(OC)cc2C[C@@H](B2OC(C)(C)C(C)(C)O2)[C@@H]1c1ccc(OC)cc1. The molecule has 2 aliphatic heterocycles. The van der Waals surface area contributed by atoms with Gasteiger partial charge in [0.2, 0.25) is 0 Å². The van der Waals surface area contributed by atoms with Gasteiger partial charge >= 0.3 is 13.2 Å². The number of carbonyl (C=O) groups is 1. The normalized spacial score (nSPS) is 23.1. The number of methoxy groups -OCH3 is 3. The number of ether oxygens (including phenoxy) is 3. The largest absolute Gasteiger partial charge is 0.497 e. The maximum Gasteiger partial charge on any atom is 0.464 e. The predicted molar refractivity (Wildman–Crippen MR) is 127 cm³/mol. The Morgan fingerprint density at radius 2 is 1.52 bits per heavy atom. The number of fused-ring (bicyclic) bond motifs is 1. The van der Waals surface area contributed by atoms with Crippen LogP contribution >= 0.6 is 0 Å². The Hall–Kier alpha value is -2.71. The highest BCUT2D eigenvalue weighted by Crippen LogP contribution is 2.51. The van der Waals surface area contributed by atoms with Gasteiger partial charge in [0.25, 0.3) is 0 Å². The topological polar surface area (TPSA) is 66.5 Å². The van der Waals surface area contributed by atoms with Crippen molar-refractivity contribution in [3.8, 4) is 11.5 Å². The van der Waals surface area contributed by atoms with Gasteiger partial charge in [-0.25, -0.2) is 4.79 Å². The number of anilines is 1. The van der Waals surface area contributed by atoms with E-state index in [-0.39, 0.29) is 11.9 Å². The summed E-state index contributed by atoms with van der Waals surface area (Å²) < 4.78 is 29.0. The van der Waals surface area contributed by atoms with Crippen LogP contribution in [-0.4, -0.2) is 45.7 Å². The minimum absolute atomic E-state index is 0.182. The monoisotopic (exact) mass is 453 g/mol. The minimum atomic E-state index is -0.520. The maximum atomic E-state index is 13.2. The molecule has 2 aromatic carbocycles. The van der Waals surface area contributed by atoms with Crippen molar-refractivity contribution in [3.63, 3.8) is 0 Å². The molecular weight excluding hydrogens is 421 g/mol. The van der Waals surface area contributed by atoms with Crippen LogP contribution in [0.25, 0.3) is 0 Å². The smallest absolute Gasteiger partial charge is 0.464 e. The third kappa shape index (κ3) is 4.06. The number of hydrogen-bond acceptors (Lipinski definition) is 6. The molecule has 0 bridgehead atoms. The van der Waals surface area contributed by atoms with Gasteiger partial charge in [0, 0.05) is 5.82 Å². The molecule has 176 valence electrons. The van der Waals surface area contributed by atoms with E-state index in [9.17, 15) is 4.79 Å². The third-order valence-electron chi connectivity index (χ3n) is 7.14. The van der Waals surface area contributed by atoms with Crippen molar-refractivity contribution in [1.29, 1.82) is 0 Å². The molecule has 8 heteroatoms. The zero-order valence-electron chi connectivity index (χ0n) is 20.4. The molecule has 2 aromatic rings. The molecule has 0 aliphatic carbocycles. The Labute approximate surface area is 196 Å². The van der Waals surface area contributed by atoms with Gasteiger partial charge in [-0.2, -0.15) is 0 Å². The molecule has 2 aliphatic rings. The molecule has 2 atom stereocenters. The van der Waals surface area contributed by atoms with Crippen LogP contribution in [0.5, 0.6) is 11.5 Å². The lowest BCUT2D eigenvalue weighted by atomic mass is 9.61. The van der Waals surface area contributed by atoms with E-state index >= 15 is 0 Å². The Balaban J connectivity index is 1.86. The van der Waals surface area contributed by atoms with Gasteiger partial charge in [-0.05, 0) is 75.6 Å². The highest BCUT2D eigenvalue weighted by atomic mass is 16.7. The molecule has 0 radical (unpaired) electrons. The number of benzene rings is 2. The second-order valence-corrected chi connectivity index (χ2v) is 9.55. The van der Waals surface area contributed by atoms with E-state index in [4.69, 9.17) is 23.5 Å². The lowest BCUT2D eigenvalue weighted by molar-refractivity contribution is 0.00578. The van der Waals surface area contributed by atoms with E-state index in [0.717, 1.165) is 28.3 Å². The molecule has 7 nitrogen and oxygen atoms in total. The molecule has 0 saturated carbocycles. The van der Waals surface area contributed by atoms with Crippen LogP contribution in [0, 0.1) is 0 Å². The first-order valence-electron chi connectivity index (χ1n) is 11.2. The number of amides is 1. The molecule has 0 spiro atoms. The van der Waals surface area contributed by atoms with Crippen molar-refractivity contribution in [2.75, 3.05) is 26.2 Å². The second-order valence-electron chi connectivity index (χ2n) is 9.55. The summed E-state index contributed by atoms with van der Waals surface area (Å²) in [5.74, 6) is 1.30. The highest BCUT2D eigenvalue weighted by molar-refractivity contribution is 6.48. The fourth-order valence-electron chi connectivity index (χ4n) is 4.61. The summed E-state index contributed by atoms with van der Waals surface area (Å²) in [4.78, 5) is 14.9. The van der Waals surface area contributed by atoms with E-state index in [2.05, 4.69) is 0 Å². The molecule has 4 rings (SSSR count). The molecule has 0 N–H and O–H groups in total. The van der Waals surface area contributed by atoms with Crippen LogP contribution in [0.15, 0.2) is 42.5 Å². The van der Waals surface area contributed by atoms with Crippen molar-refractivity contribution in [3.05, 3.63) is 53.6 Å².